The number of thiazole rings is 1. The molecule has 0 spiro atoms. The first-order valence-corrected chi connectivity index (χ1v) is 7.18. The summed E-state index contributed by atoms with van der Waals surface area (Å²) in [6, 6.07) is 3.88. The standard InChI is InChI=1S/C14H15NO4S/c1-3-7-5-6-9-11(8(7)4-2)15-12(20-9)10(13(16)17)14(18)19/h5-6,10H,3-4H2,1-2H3,(H,16,17)(H,18,19). The van der Waals surface area contributed by atoms with E-state index in [-0.39, 0.29) is 5.01 Å². The quantitative estimate of drug-likeness (QED) is 0.827. The van der Waals surface area contributed by atoms with Crippen molar-refractivity contribution in [1.82, 2.24) is 4.98 Å². The van der Waals surface area contributed by atoms with Crippen LogP contribution in [-0.2, 0) is 22.4 Å². The molecule has 1 aromatic carbocycles. The number of aliphatic carboxylic acids is 2. The highest BCUT2D eigenvalue weighted by Crippen LogP contribution is 2.32. The maximum Gasteiger partial charge on any atom is 0.325 e. The molecule has 0 atom stereocenters. The zero-order chi connectivity index (χ0) is 14.9. The van der Waals surface area contributed by atoms with E-state index in [1.807, 2.05) is 26.0 Å². The van der Waals surface area contributed by atoms with Gasteiger partial charge in [0.2, 0.25) is 5.92 Å². The molecule has 20 heavy (non-hydrogen) atoms. The lowest BCUT2D eigenvalue weighted by molar-refractivity contribution is -0.150. The Hall–Kier alpha value is -1.95. The zero-order valence-electron chi connectivity index (χ0n) is 11.2. The fourth-order valence-corrected chi connectivity index (χ4v) is 3.36. The molecular weight excluding hydrogens is 278 g/mol. The molecule has 6 heteroatoms. The third kappa shape index (κ3) is 2.38. The Balaban J connectivity index is 2.64. The van der Waals surface area contributed by atoms with Crippen LogP contribution < -0.4 is 0 Å². The predicted octanol–water partition coefficient (Wildman–Crippen LogP) is 2.67. The molecule has 0 fully saturated rings. The molecule has 2 aromatic rings. The van der Waals surface area contributed by atoms with Gasteiger partial charge in [-0.1, -0.05) is 19.9 Å². The van der Waals surface area contributed by atoms with E-state index < -0.39 is 17.9 Å². The van der Waals surface area contributed by atoms with Crippen LogP contribution in [0, 0.1) is 0 Å². The minimum Gasteiger partial charge on any atom is -0.480 e. The predicted molar refractivity (Wildman–Crippen MR) is 76.4 cm³/mol. The Bertz CT molecular complexity index is 663. The van der Waals surface area contributed by atoms with Gasteiger partial charge in [0.25, 0.3) is 0 Å². The monoisotopic (exact) mass is 293 g/mol. The van der Waals surface area contributed by atoms with E-state index in [1.165, 1.54) is 5.56 Å². The normalized spacial score (nSPS) is 11.2. The summed E-state index contributed by atoms with van der Waals surface area (Å²) >= 11 is 1.14. The first kappa shape index (κ1) is 14.5. The fourth-order valence-electron chi connectivity index (χ4n) is 2.27. The van der Waals surface area contributed by atoms with Crippen LogP contribution in [0.4, 0.5) is 0 Å². The van der Waals surface area contributed by atoms with E-state index >= 15 is 0 Å². The second kappa shape index (κ2) is 5.58. The van der Waals surface area contributed by atoms with Crippen molar-refractivity contribution in [2.45, 2.75) is 32.6 Å². The molecule has 5 nitrogen and oxygen atoms in total. The van der Waals surface area contributed by atoms with E-state index in [9.17, 15) is 9.59 Å². The van der Waals surface area contributed by atoms with Gasteiger partial charge in [-0.2, -0.15) is 0 Å². The fraction of sp³-hybridized carbons (Fsp3) is 0.357. The van der Waals surface area contributed by atoms with E-state index in [1.54, 1.807) is 0 Å². The highest BCUT2D eigenvalue weighted by molar-refractivity contribution is 7.18. The lowest BCUT2D eigenvalue weighted by atomic mass is 10.0. The Morgan fingerprint density at radius 1 is 1.20 bits per heavy atom. The molecule has 0 saturated carbocycles. The summed E-state index contributed by atoms with van der Waals surface area (Å²) < 4.78 is 0.835. The summed E-state index contributed by atoms with van der Waals surface area (Å²) in [5.41, 5.74) is 2.97. The third-order valence-corrected chi connectivity index (χ3v) is 4.34. The van der Waals surface area contributed by atoms with Gasteiger partial charge in [-0.05, 0) is 30.0 Å². The summed E-state index contributed by atoms with van der Waals surface area (Å²) in [5.74, 6) is -4.36. The molecule has 2 rings (SSSR count). The van der Waals surface area contributed by atoms with Gasteiger partial charge in [0.1, 0.15) is 5.01 Å². The smallest absolute Gasteiger partial charge is 0.325 e. The van der Waals surface area contributed by atoms with Gasteiger partial charge >= 0.3 is 11.9 Å². The van der Waals surface area contributed by atoms with Gasteiger partial charge < -0.3 is 10.2 Å². The first-order chi connectivity index (χ1) is 9.49. The molecule has 1 heterocycles. The molecule has 1 aromatic heterocycles. The number of rotatable bonds is 5. The maximum atomic E-state index is 11.1. The van der Waals surface area contributed by atoms with Crippen molar-refractivity contribution in [3.63, 3.8) is 0 Å². The van der Waals surface area contributed by atoms with Crippen molar-refractivity contribution in [2.24, 2.45) is 0 Å². The van der Waals surface area contributed by atoms with Crippen LogP contribution in [0.1, 0.15) is 35.9 Å². The molecule has 0 unspecified atom stereocenters. The van der Waals surface area contributed by atoms with Crippen molar-refractivity contribution in [2.75, 3.05) is 0 Å². The summed E-state index contributed by atoms with van der Waals surface area (Å²) in [7, 11) is 0. The van der Waals surface area contributed by atoms with Gasteiger partial charge in [-0.15, -0.1) is 11.3 Å². The van der Waals surface area contributed by atoms with Crippen LogP contribution in [0.3, 0.4) is 0 Å². The highest BCUT2D eigenvalue weighted by atomic mass is 32.1. The number of aromatic nitrogens is 1. The number of carboxylic acids is 2. The van der Waals surface area contributed by atoms with Gasteiger partial charge in [0, 0.05) is 0 Å². The van der Waals surface area contributed by atoms with Gasteiger partial charge in [0.05, 0.1) is 10.2 Å². The van der Waals surface area contributed by atoms with Crippen molar-refractivity contribution >= 4 is 33.5 Å². The van der Waals surface area contributed by atoms with Crippen LogP contribution in [0.15, 0.2) is 12.1 Å². The number of hydrogen-bond acceptors (Lipinski definition) is 4. The second-order valence-electron chi connectivity index (χ2n) is 4.42. The van der Waals surface area contributed by atoms with E-state index in [0.29, 0.717) is 0 Å². The number of aryl methyl sites for hydroxylation is 2. The van der Waals surface area contributed by atoms with Gasteiger partial charge in [0.15, 0.2) is 0 Å². The lowest BCUT2D eigenvalue weighted by Gasteiger charge is -2.05. The van der Waals surface area contributed by atoms with E-state index in [4.69, 9.17) is 10.2 Å². The SMILES string of the molecule is CCc1ccc2sc(C(C(=O)O)C(=O)O)nc2c1CC. The number of fused-ring (bicyclic) bond motifs is 1. The van der Waals surface area contributed by atoms with E-state index in [0.717, 1.165) is 40.0 Å². The molecule has 0 amide bonds. The number of nitrogens with zero attached hydrogens (tertiary/aromatic N) is 1. The number of carbonyl (C=O) groups is 2. The van der Waals surface area contributed by atoms with Crippen molar-refractivity contribution in [1.29, 1.82) is 0 Å². The summed E-state index contributed by atoms with van der Waals surface area (Å²) in [4.78, 5) is 26.5. The second-order valence-corrected chi connectivity index (χ2v) is 5.48. The third-order valence-electron chi connectivity index (χ3n) is 3.25. The van der Waals surface area contributed by atoms with Gasteiger partial charge in [-0.3, -0.25) is 9.59 Å². The van der Waals surface area contributed by atoms with Crippen LogP contribution in [0.2, 0.25) is 0 Å². The van der Waals surface area contributed by atoms with Crippen LogP contribution in [0.5, 0.6) is 0 Å². The average Bonchev–Trinajstić information content (AvgIpc) is 2.79. The van der Waals surface area contributed by atoms with Crippen molar-refractivity contribution < 1.29 is 19.8 Å². The highest BCUT2D eigenvalue weighted by Gasteiger charge is 2.31. The average molecular weight is 293 g/mol. The summed E-state index contributed by atoms with van der Waals surface area (Å²) in [6.45, 7) is 4.06. The van der Waals surface area contributed by atoms with Gasteiger partial charge in [-0.25, -0.2) is 4.98 Å². The first-order valence-electron chi connectivity index (χ1n) is 6.36. The lowest BCUT2D eigenvalue weighted by Crippen LogP contribution is -2.20. The Kier molecular flexibility index (Phi) is 4.04. The number of carboxylic acid groups (broad SMARTS) is 2. The minimum absolute atomic E-state index is 0.128. The molecular formula is C14H15NO4S. The molecule has 2 N–H and O–H groups in total. The molecule has 0 bridgehead atoms. The number of benzene rings is 1. The maximum absolute atomic E-state index is 11.1. The van der Waals surface area contributed by atoms with Crippen LogP contribution >= 0.6 is 11.3 Å². The Morgan fingerprint density at radius 3 is 2.35 bits per heavy atom. The zero-order valence-corrected chi connectivity index (χ0v) is 12.0. The molecule has 0 aliphatic heterocycles. The Morgan fingerprint density at radius 2 is 1.85 bits per heavy atom. The van der Waals surface area contributed by atoms with E-state index in [2.05, 4.69) is 4.98 Å². The molecule has 0 aliphatic rings. The largest absolute Gasteiger partial charge is 0.480 e. The van der Waals surface area contributed by atoms with Crippen molar-refractivity contribution in [3.05, 3.63) is 28.3 Å². The number of hydrogen-bond donors (Lipinski definition) is 2. The van der Waals surface area contributed by atoms with Crippen LogP contribution in [-0.4, -0.2) is 27.1 Å². The molecule has 0 aliphatic carbocycles. The van der Waals surface area contributed by atoms with Crippen LogP contribution in [0.25, 0.3) is 10.2 Å². The summed E-state index contributed by atoms with van der Waals surface area (Å²) in [5, 5.41) is 18.2. The van der Waals surface area contributed by atoms with Crippen molar-refractivity contribution in [3.8, 4) is 0 Å². The minimum atomic E-state index is -1.60. The Labute approximate surface area is 119 Å². The molecule has 0 radical (unpaired) electrons. The molecule has 106 valence electrons. The molecule has 0 saturated heterocycles. The topological polar surface area (TPSA) is 87.5 Å². The summed E-state index contributed by atoms with van der Waals surface area (Å²) in [6.07, 6.45) is 1.65.